The molecular weight excluding hydrogens is 352 g/mol. The second-order valence-corrected chi connectivity index (χ2v) is 7.67. The van der Waals surface area contributed by atoms with Crippen LogP contribution in [0.1, 0.15) is 44.2 Å². The van der Waals surface area contributed by atoms with Crippen LogP contribution in [0.15, 0.2) is 29.3 Å². The Morgan fingerprint density at radius 3 is 2.71 bits per heavy atom. The van der Waals surface area contributed by atoms with Gasteiger partial charge in [0.1, 0.15) is 5.75 Å². The van der Waals surface area contributed by atoms with Crippen LogP contribution in [0, 0.1) is 5.92 Å². The molecule has 6 nitrogen and oxygen atoms in total. The summed E-state index contributed by atoms with van der Waals surface area (Å²) in [6, 6.07) is 8.57. The second kappa shape index (κ2) is 11.3. The zero-order valence-corrected chi connectivity index (χ0v) is 17.5. The number of nitrogens with zero attached hydrogens (tertiary/aromatic N) is 2. The van der Waals surface area contributed by atoms with Crippen LogP contribution < -0.4 is 15.4 Å². The zero-order valence-electron chi connectivity index (χ0n) is 17.5. The summed E-state index contributed by atoms with van der Waals surface area (Å²) >= 11 is 0. The molecule has 2 fully saturated rings. The molecule has 1 aliphatic carbocycles. The van der Waals surface area contributed by atoms with Crippen LogP contribution in [0.4, 0.5) is 0 Å². The highest BCUT2D eigenvalue weighted by Crippen LogP contribution is 2.32. The van der Waals surface area contributed by atoms with E-state index >= 15 is 0 Å². The Morgan fingerprint density at radius 1 is 1.21 bits per heavy atom. The first-order valence-electron chi connectivity index (χ1n) is 10.8. The summed E-state index contributed by atoms with van der Waals surface area (Å²) in [6.07, 6.45) is 5.18. The first-order valence-corrected chi connectivity index (χ1v) is 10.8. The van der Waals surface area contributed by atoms with Gasteiger partial charge in [0.25, 0.3) is 0 Å². The van der Waals surface area contributed by atoms with Crippen molar-refractivity contribution < 1.29 is 9.47 Å². The molecule has 1 aromatic rings. The number of aliphatic imine (C=N–C) groups is 1. The highest BCUT2D eigenvalue weighted by Gasteiger charge is 2.25. The van der Waals surface area contributed by atoms with E-state index in [0.29, 0.717) is 6.54 Å². The first kappa shape index (κ1) is 20.9. The Hall–Kier alpha value is -1.79. The molecule has 1 aliphatic heterocycles. The van der Waals surface area contributed by atoms with E-state index in [4.69, 9.17) is 14.5 Å². The van der Waals surface area contributed by atoms with Crippen molar-refractivity contribution in [2.24, 2.45) is 10.9 Å². The van der Waals surface area contributed by atoms with Gasteiger partial charge in [-0.2, -0.15) is 0 Å². The molecule has 3 rings (SSSR count). The molecular formula is C22H36N4O2. The van der Waals surface area contributed by atoms with E-state index < -0.39 is 0 Å². The summed E-state index contributed by atoms with van der Waals surface area (Å²) in [4.78, 5) is 7.43. The van der Waals surface area contributed by atoms with Crippen LogP contribution in [0.3, 0.4) is 0 Å². The van der Waals surface area contributed by atoms with Crippen molar-refractivity contribution in [3.05, 3.63) is 29.8 Å². The smallest absolute Gasteiger partial charge is 0.191 e. The molecule has 1 saturated heterocycles. The predicted molar refractivity (Wildman–Crippen MR) is 114 cm³/mol. The normalized spacial score (nSPS) is 18.9. The molecule has 0 aromatic heterocycles. The van der Waals surface area contributed by atoms with Crippen molar-refractivity contribution in [3.63, 3.8) is 0 Å². The SMILES string of the molecule is CCNC(=NCC(c1ccccc1OC)N1CCCC1)NCCOCC1CC1. The number of guanidine groups is 1. The van der Waals surface area contributed by atoms with E-state index in [2.05, 4.69) is 34.6 Å². The molecule has 28 heavy (non-hydrogen) atoms. The lowest BCUT2D eigenvalue weighted by atomic mass is 10.0. The highest BCUT2D eigenvalue weighted by atomic mass is 16.5. The van der Waals surface area contributed by atoms with E-state index in [1.54, 1.807) is 7.11 Å². The van der Waals surface area contributed by atoms with Crippen molar-refractivity contribution in [2.45, 2.75) is 38.6 Å². The predicted octanol–water partition coefficient (Wildman–Crippen LogP) is 2.81. The van der Waals surface area contributed by atoms with Crippen molar-refractivity contribution in [2.75, 3.05) is 53.0 Å². The van der Waals surface area contributed by atoms with E-state index in [1.807, 2.05) is 12.1 Å². The summed E-state index contributed by atoms with van der Waals surface area (Å²) in [5, 5.41) is 6.76. The van der Waals surface area contributed by atoms with E-state index in [0.717, 1.165) is 57.0 Å². The van der Waals surface area contributed by atoms with Gasteiger partial charge in [0.2, 0.25) is 0 Å². The number of nitrogens with one attached hydrogen (secondary N) is 2. The molecule has 156 valence electrons. The molecule has 6 heteroatoms. The van der Waals surface area contributed by atoms with Gasteiger partial charge >= 0.3 is 0 Å². The van der Waals surface area contributed by atoms with Gasteiger partial charge in [0, 0.05) is 25.3 Å². The van der Waals surface area contributed by atoms with Gasteiger partial charge in [-0.1, -0.05) is 18.2 Å². The maximum Gasteiger partial charge on any atom is 0.191 e. The zero-order chi connectivity index (χ0) is 19.6. The molecule has 1 unspecified atom stereocenters. The minimum absolute atomic E-state index is 0.236. The van der Waals surface area contributed by atoms with Crippen molar-refractivity contribution in [3.8, 4) is 5.75 Å². The lowest BCUT2D eigenvalue weighted by molar-refractivity contribution is 0.129. The molecule has 0 amide bonds. The quantitative estimate of drug-likeness (QED) is 0.347. The average Bonchev–Trinajstić information content (AvgIpc) is 3.39. The Kier molecular flexibility index (Phi) is 8.42. The fourth-order valence-corrected chi connectivity index (χ4v) is 3.70. The molecule has 2 N–H and O–H groups in total. The summed E-state index contributed by atoms with van der Waals surface area (Å²) in [5.74, 6) is 2.61. The van der Waals surface area contributed by atoms with Gasteiger partial charge in [-0.05, 0) is 57.7 Å². The van der Waals surface area contributed by atoms with Crippen LogP contribution in [-0.4, -0.2) is 63.9 Å². The van der Waals surface area contributed by atoms with E-state index in [1.165, 1.54) is 31.2 Å². The molecule has 0 bridgehead atoms. The number of hydrogen-bond acceptors (Lipinski definition) is 4. The Balaban J connectivity index is 1.61. The Morgan fingerprint density at radius 2 is 2.00 bits per heavy atom. The number of hydrogen-bond donors (Lipinski definition) is 2. The summed E-state index contributed by atoms with van der Waals surface area (Å²) in [5.41, 5.74) is 1.22. The number of methoxy groups -OCH3 is 1. The molecule has 1 aromatic carbocycles. The Labute approximate surface area is 169 Å². The first-order chi connectivity index (χ1) is 13.8. The van der Waals surface area contributed by atoms with Crippen LogP contribution in [-0.2, 0) is 4.74 Å². The van der Waals surface area contributed by atoms with Crippen molar-refractivity contribution in [1.29, 1.82) is 0 Å². The van der Waals surface area contributed by atoms with Crippen molar-refractivity contribution >= 4 is 5.96 Å². The highest BCUT2D eigenvalue weighted by molar-refractivity contribution is 5.79. The van der Waals surface area contributed by atoms with Gasteiger partial charge < -0.3 is 20.1 Å². The average molecular weight is 389 g/mol. The lowest BCUT2D eigenvalue weighted by Gasteiger charge is -2.28. The van der Waals surface area contributed by atoms with Crippen LogP contribution in [0.5, 0.6) is 5.75 Å². The molecule has 0 radical (unpaired) electrons. The lowest BCUT2D eigenvalue weighted by Crippen LogP contribution is -2.40. The monoisotopic (exact) mass is 388 g/mol. The van der Waals surface area contributed by atoms with E-state index in [9.17, 15) is 0 Å². The number of rotatable bonds is 11. The largest absolute Gasteiger partial charge is 0.496 e. The van der Waals surface area contributed by atoms with Crippen LogP contribution in [0.2, 0.25) is 0 Å². The minimum Gasteiger partial charge on any atom is -0.496 e. The number of likely N-dealkylation sites (tertiary alicyclic amines) is 1. The second-order valence-electron chi connectivity index (χ2n) is 7.67. The van der Waals surface area contributed by atoms with Crippen LogP contribution >= 0.6 is 0 Å². The molecule has 1 atom stereocenters. The third-order valence-corrected chi connectivity index (χ3v) is 5.44. The fraction of sp³-hybridized carbons (Fsp3) is 0.682. The summed E-state index contributed by atoms with van der Waals surface area (Å²) < 4.78 is 11.4. The van der Waals surface area contributed by atoms with Crippen LogP contribution in [0.25, 0.3) is 0 Å². The van der Waals surface area contributed by atoms with Gasteiger partial charge in [-0.15, -0.1) is 0 Å². The summed E-state index contributed by atoms with van der Waals surface area (Å²) in [7, 11) is 1.75. The molecule has 1 heterocycles. The topological polar surface area (TPSA) is 58.1 Å². The third-order valence-electron chi connectivity index (χ3n) is 5.44. The maximum atomic E-state index is 5.72. The maximum absolute atomic E-state index is 5.72. The van der Waals surface area contributed by atoms with Gasteiger partial charge in [0.05, 0.1) is 26.3 Å². The molecule has 2 aliphatic rings. The van der Waals surface area contributed by atoms with E-state index in [-0.39, 0.29) is 6.04 Å². The minimum atomic E-state index is 0.236. The van der Waals surface area contributed by atoms with Gasteiger partial charge in [0.15, 0.2) is 5.96 Å². The Bertz CT molecular complexity index is 612. The fourth-order valence-electron chi connectivity index (χ4n) is 3.70. The number of ether oxygens (including phenoxy) is 2. The standard InChI is InChI=1S/C22H36N4O2/c1-3-23-22(24-12-15-28-17-18-10-11-18)25-16-20(26-13-6-7-14-26)19-8-4-5-9-21(19)27-2/h4-5,8-9,18,20H,3,6-7,10-17H2,1-2H3,(H2,23,24,25). The molecule has 1 saturated carbocycles. The third kappa shape index (κ3) is 6.38. The number of para-hydroxylation sites is 1. The van der Waals surface area contributed by atoms with Gasteiger partial charge in [-0.25, -0.2) is 0 Å². The molecule has 0 spiro atoms. The van der Waals surface area contributed by atoms with Gasteiger partial charge in [-0.3, -0.25) is 9.89 Å². The van der Waals surface area contributed by atoms with Crippen molar-refractivity contribution in [1.82, 2.24) is 15.5 Å². The number of benzene rings is 1. The summed E-state index contributed by atoms with van der Waals surface area (Å²) in [6.45, 7) is 8.30.